The molecule has 3 heterocycles. The molecule has 0 radical (unpaired) electrons. The molecule has 214 valence electrons. The van der Waals surface area contributed by atoms with Gasteiger partial charge in [-0.3, -0.25) is 15.0 Å². The summed E-state index contributed by atoms with van der Waals surface area (Å²) in [6, 6.07) is 6.38. The Bertz CT molecular complexity index is 1330. The zero-order valence-corrected chi connectivity index (χ0v) is 24.3. The van der Waals surface area contributed by atoms with Crippen LogP contribution in [0, 0.1) is 0 Å². The van der Waals surface area contributed by atoms with E-state index in [-0.39, 0.29) is 12.0 Å². The molecule has 1 aromatic carbocycles. The standard InChI is InChI=1S/C30H40ClN7O2/c1-30(2,3)26-24(9-11-33-29(26)37-21-5-4-6-21)28(32)34-15-22(39)17-38-12-10-23-20(16-38)7-8-25(27(23)31)40-18-19-13-35-36-14-19/h7-9,11,13-14,21-22,39H,4-6,10,12,15-18H2,1-3H3,(H2,32,34)(H,33,37)(H,35,36)/t22-/m0/s1. The Kier molecular flexibility index (Phi) is 8.63. The number of aliphatic imine (C=N–C) groups is 1. The third-order valence-corrected chi connectivity index (χ3v) is 8.10. The van der Waals surface area contributed by atoms with E-state index in [1.54, 1.807) is 18.6 Å². The smallest absolute Gasteiger partial charge is 0.138 e. The van der Waals surface area contributed by atoms with Gasteiger partial charge in [0.2, 0.25) is 0 Å². The van der Waals surface area contributed by atoms with Gasteiger partial charge in [0.25, 0.3) is 0 Å². The van der Waals surface area contributed by atoms with Crippen LogP contribution in [0.2, 0.25) is 5.02 Å². The molecule has 3 aromatic rings. The van der Waals surface area contributed by atoms with Gasteiger partial charge in [0.05, 0.1) is 23.9 Å². The monoisotopic (exact) mass is 565 g/mol. The molecule has 0 amide bonds. The lowest BCUT2D eigenvalue weighted by Crippen LogP contribution is -2.38. The summed E-state index contributed by atoms with van der Waals surface area (Å²) >= 11 is 6.70. The summed E-state index contributed by atoms with van der Waals surface area (Å²) < 4.78 is 5.91. The van der Waals surface area contributed by atoms with E-state index >= 15 is 0 Å². The van der Waals surface area contributed by atoms with Crippen molar-refractivity contribution in [1.29, 1.82) is 0 Å². The Morgan fingerprint density at radius 2 is 2.15 bits per heavy atom. The van der Waals surface area contributed by atoms with E-state index in [1.807, 2.05) is 12.1 Å². The molecule has 1 atom stereocenters. The highest BCUT2D eigenvalue weighted by molar-refractivity contribution is 6.33. The van der Waals surface area contributed by atoms with Crippen LogP contribution in [0.25, 0.3) is 0 Å². The second-order valence-corrected chi connectivity index (χ2v) is 12.3. The predicted molar refractivity (Wildman–Crippen MR) is 159 cm³/mol. The van der Waals surface area contributed by atoms with Crippen LogP contribution in [0.5, 0.6) is 5.75 Å². The van der Waals surface area contributed by atoms with Gasteiger partial charge in [-0.2, -0.15) is 5.10 Å². The second kappa shape index (κ2) is 12.2. The Balaban J connectivity index is 1.20. The van der Waals surface area contributed by atoms with Gasteiger partial charge in [0, 0.05) is 54.8 Å². The number of nitrogens with one attached hydrogen (secondary N) is 2. The maximum Gasteiger partial charge on any atom is 0.138 e. The number of aliphatic hydroxyl groups excluding tert-OH is 1. The molecule has 40 heavy (non-hydrogen) atoms. The first-order chi connectivity index (χ1) is 19.2. The highest BCUT2D eigenvalue weighted by Crippen LogP contribution is 2.35. The van der Waals surface area contributed by atoms with E-state index in [0.29, 0.717) is 42.3 Å². The largest absolute Gasteiger partial charge is 0.487 e. The van der Waals surface area contributed by atoms with E-state index < -0.39 is 6.10 Å². The first kappa shape index (κ1) is 28.4. The number of nitrogens with two attached hydrogens (primary N) is 1. The summed E-state index contributed by atoms with van der Waals surface area (Å²) in [4.78, 5) is 11.5. The predicted octanol–water partition coefficient (Wildman–Crippen LogP) is 4.42. The van der Waals surface area contributed by atoms with Gasteiger partial charge in [-0.1, -0.05) is 38.4 Å². The van der Waals surface area contributed by atoms with Crippen LogP contribution in [0.1, 0.15) is 67.9 Å². The van der Waals surface area contributed by atoms with Crippen molar-refractivity contribution in [2.24, 2.45) is 10.7 Å². The molecule has 5 N–H and O–H groups in total. The molecular weight excluding hydrogens is 526 g/mol. The van der Waals surface area contributed by atoms with E-state index in [1.165, 1.54) is 19.3 Å². The van der Waals surface area contributed by atoms with Crippen molar-refractivity contribution in [3.05, 3.63) is 69.6 Å². The number of fused-ring (bicyclic) bond motifs is 1. The summed E-state index contributed by atoms with van der Waals surface area (Å²) in [6.45, 7) is 9.14. The summed E-state index contributed by atoms with van der Waals surface area (Å²) in [6.07, 6.45) is 9.06. The van der Waals surface area contributed by atoms with Crippen molar-refractivity contribution in [3.8, 4) is 5.75 Å². The minimum atomic E-state index is -0.638. The quantitative estimate of drug-likeness (QED) is 0.212. The van der Waals surface area contributed by atoms with Gasteiger partial charge in [0.15, 0.2) is 0 Å². The molecule has 2 aromatic heterocycles. The highest BCUT2D eigenvalue weighted by atomic mass is 35.5. The van der Waals surface area contributed by atoms with Crippen molar-refractivity contribution in [1.82, 2.24) is 20.1 Å². The lowest BCUT2D eigenvalue weighted by molar-refractivity contribution is 0.112. The first-order valence-electron chi connectivity index (χ1n) is 14.1. The van der Waals surface area contributed by atoms with E-state index in [4.69, 9.17) is 22.1 Å². The molecular formula is C30H40ClN7O2. The van der Waals surface area contributed by atoms with Crippen molar-refractivity contribution < 1.29 is 9.84 Å². The second-order valence-electron chi connectivity index (χ2n) is 11.9. The molecule has 1 fully saturated rings. The fourth-order valence-corrected chi connectivity index (χ4v) is 5.70. The molecule has 1 aliphatic carbocycles. The van der Waals surface area contributed by atoms with Crippen molar-refractivity contribution in [2.45, 2.75) is 77.2 Å². The van der Waals surface area contributed by atoms with E-state index in [0.717, 1.165) is 46.6 Å². The van der Waals surface area contributed by atoms with Crippen molar-refractivity contribution in [2.75, 3.05) is 25.0 Å². The number of anilines is 1. The molecule has 10 heteroatoms. The van der Waals surface area contributed by atoms with Crippen LogP contribution in [0.4, 0.5) is 5.82 Å². The Morgan fingerprint density at radius 1 is 1.32 bits per heavy atom. The van der Waals surface area contributed by atoms with Crippen molar-refractivity contribution >= 4 is 23.3 Å². The number of aromatic nitrogens is 3. The lowest BCUT2D eigenvalue weighted by atomic mass is 9.83. The topological polar surface area (TPSA) is 125 Å². The fourth-order valence-electron chi connectivity index (χ4n) is 5.37. The summed E-state index contributed by atoms with van der Waals surface area (Å²) in [5, 5.41) is 21.9. The molecule has 1 aliphatic heterocycles. The molecule has 1 saturated carbocycles. The number of aliphatic hydroxyl groups is 1. The number of amidine groups is 1. The van der Waals surface area contributed by atoms with Crippen molar-refractivity contribution in [3.63, 3.8) is 0 Å². The number of β-amino-alcohol motifs (C(OH)–C–C–N with tert-alkyl or cyclic N) is 1. The molecule has 9 nitrogen and oxygen atoms in total. The van der Waals surface area contributed by atoms with Crippen LogP contribution in [-0.4, -0.2) is 62.8 Å². The average molecular weight is 566 g/mol. The van der Waals surface area contributed by atoms with Gasteiger partial charge in [-0.25, -0.2) is 4.98 Å². The van der Waals surface area contributed by atoms with Crippen LogP contribution < -0.4 is 15.8 Å². The third kappa shape index (κ3) is 6.59. The number of rotatable bonds is 10. The zero-order chi connectivity index (χ0) is 28.3. The minimum absolute atomic E-state index is 0.166. The van der Waals surface area contributed by atoms with Gasteiger partial charge in [-0.15, -0.1) is 0 Å². The maximum atomic E-state index is 10.9. The summed E-state index contributed by atoms with van der Waals surface area (Å²) in [5.74, 6) is 1.99. The third-order valence-electron chi connectivity index (χ3n) is 7.69. The number of pyridine rings is 1. The normalized spacial score (nSPS) is 17.3. The zero-order valence-electron chi connectivity index (χ0n) is 23.6. The number of nitrogens with zero attached hydrogens (tertiary/aromatic N) is 4. The Hall–Kier alpha value is -3.14. The van der Waals surface area contributed by atoms with Gasteiger partial charge < -0.3 is 20.9 Å². The molecule has 2 aliphatic rings. The Morgan fingerprint density at radius 3 is 2.85 bits per heavy atom. The van der Waals surface area contributed by atoms with E-state index in [2.05, 4.69) is 57.2 Å². The summed E-state index contributed by atoms with van der Waals surface area (Å²) in [7, 11) is 0. The highest BCUT2D eigenvalue weighted by Gasteiger charge is 2.28. The van der Waals surface area contributed by atoms with Gasteiger partial charge in [0.1, 0.15) is 24.0 Å². The molecule has 0 bridgehead atoms. The summed E-state index contributed by atoms with van der Waals surface area (Å²) in [5.41, 5.74) is 11.5. The molecule has 0 unspecified atom stereocenters. The SMILES string of the molecule is CC(C)(C)c1c(C(N)=NC[C@H](O)CN2CCc3c(ccc(OCc4cn[nH]c4)c3Cl)C2)ccnc1NC1CCC1. The van der Waals surface area contributed by atoms with Crippen LogP contribution in [0.15, 0.2) is 41.8 Å². The fraction of sp³-hybridized carbons (Fsp3) is 0.500. The molecule has 5 rings (SSSR count). The average Bonchev–Trinajstić information content (AvgIpc) is 3.42. The van der Waals surface area contributed by atoms with Crippen LogP contribution in [0.3, 0.4) is 0 Å². The number of hydrogen-bond acceptors (Lipinski definition) is 7. The number of hydrogen-bond donors (Lipinski definition) is 4. The number of benzene rings is 1. The van der Waals surface area contributed by atoms with E-state index in [9.17, 15) is 5.11 Å². The maximum absolute atomic E-state index is 10.9. The Labute approximate surface area is 241 Å². The van der Waals surface area contributed by atoms with Gasteiger partial charge >= 0.3 is 0 Å². The van der Waals surface area contributed by atoms with Gasteiger partial charge in [-0.05, 0) is 54.4 Å². The number of H-pyrrole nitrogens is 1. The lowest BCUT2D eigenvalue weighted by Gasteiger charge is -2.32. The first-order valence-corrected chi connectivity index (χ1v) is 14.4. The van der Waals surface area contributed by atoms with Crippen LogP contribution >= 0.6 is 11.6 Å². The number of ether oxygens (including phenoxy) is 1. The molecule has 0 saturated heterocycles. The number of aromatic amines is 1. The number of halogens is 1. The minimum Gasteiger partial charge on any atom is -0.487 e. The van der Waals surface area contributed by atoms with Crippen LogP contribution in [-0.2, 0) is 25.0 Å². The molecule has 0 spiro atoms.